The minimum atomic E-state index is -0.317. The van der Waals surface area contributed by atoms with Crippen LogP contribution in [0.2, 0.25) is 0 Å². The van der Waals surface area contributed by atoms with Crippen molar-refractivity contribution in [2.24, 2.45) is 0 Å². The number of nitrogens with zero attached hydrogens (tertiary/aromatic N) is 3. The van der Waals surface area contributed by atoms with Crippen LogP contribution in [0.1, 0.15) is 0 Å². The summed E-state index contributed by atoms with van der Waals surface area (Å²) in [6, 6.07) is 1.60. The summed E-state index contributed by atoms with van der Waals surface area (Å²) in [4.78, 5) is 18.8. The lowest BCUT2D eigenvalue weighted by molar-refractivity contribution is 0.151. The number of hydrogen-bond donors (Lipinski definition) is 1. The van der Waals surface area contributed by atoms with Crippen LogP contribution in [-0.2, 0) is 0 Å². The fraction of sp³-hybridized carbons (Fsp3) is 0.455. The Balaban J connectivity index is 1.77. The summed E-state index contributed by atoms with van der Waals surface area (Å²) in [6.07, 6.45) is 2.78. The number of nitrogens with one attached hydrogen (secondary N) is 1. The van der Waals surface area contributed by atoms with Crippen molar-refractivity contribution in [1.29, 1.82) is 0 Å². The van der Waals surface area contributed by atoms with Crippen molar-refractivity contribution in [2.45, 2.75) is 5.54 Å². The topological polar surface area (TPSA) is 48.5 Å². The zero-order chi connectivity index (χ0) is 12.0. The number of pyridine rings is 1. The van der Waals surface area contributed by atoms with Gasteiger partial charge in [-0.1, -0.05) is 0 Å². The molecule has 90 valence electrons. The van der Waals surface area contributed by atoms with Crippen LogP contribution in [0.4, 0.5) is 14.9 Å². The molecule has 2 amide bonds. The molecule has 3 rings (SSSR count). The molecular weight excluding hydrogens is 223 g/mol. The van der Waals surface area contributed by atoms with Crippen molar-refractivity contribution < 1.29 is 9.18 Å². The van der Waals surface area contributed by atoms with E-state index in [4.69, 9.17) is 0 Å². The van der Waals surface area contributed by atoms with Gasteiger partial charge in [0.15, 0.2) is 5.82 Å². The maximum atomic E-state index is 13.5. The van der Waals surface area contributed by atoms with Gasteiger partial charge < -0.3 is 15.1 Å². The standard InChI is InChI=1S/C11H13FN4O/c1-15-10(17)14-5-11(15)6-16(7-11)9-2-3-13-4-8(9)12/h2-4H,5-7H2,1H3,(H,14,17). The summed E-state index contributed by atoms with van der Waals surface area (Å²) in [6.45, 7) is 1.94. The maximum absolute atomic E-state index is 13.5. The van der Waals surface area contributed by atoms with Crippen LogP contribution in [0.25, 0.3) is 0 Å². The lowest BCUT2D eigenvalue weighted by atomic mass is 9.89. The third kappa shape index (κ3) is 1.36. The van der Waals surface area contributed by atoms with E-state index in [0.717, 1.165) is 0 Å². The molecule has 17 heavy (non-hydrogen) atoms. The Bertz CT molecular complexity index is 472. The average Bonchev–Trinajstić information content (AvgIpc) is 2.56. The van der Waals surface area contributed by atoms with E-state index in [1.54, 1.807) is 24.2 Å². The van der Waals surface area contributed by atoms with Gasteiger partial charge in [-0.2, -0.15) is 0 Å². The summed E-state index contributed by atoms with van der Waals surface area (Å²) in [5, 5.41) is 2.80. The van der Waals surface area contributed by atoms with Gasteiger partial charge in [-0.15, -0.1) is 0 Å². The first-order chi connectivity index (χ1) is 8.12. The van der Waals surface area contributed by atoms with Crippen molar-refractivity contribution in [3.63, 3.8) is 0 Å². The highest BCUT2D eigenvalue weighted by Crippen LogP contribution is 2.34. The van der Waals surface area contributed by atoms with Crippen LogP contribution < -0.4 is 10.2 Å². The fourth-order valence-corrected chi connectivity index (χ4v) is 2.48. The first-order valence-corrected chi connectivity index (χ1v) is 5.48. The second kappa shape index (κ2) is 3.32. The van der Waals surface area contributed by atoms with Crippen LogP contribution in [0, 0.1) is 5.82 Å². The molecule has 5 nitrogen and oxygen atoms in total. The number of urea groups is 1. The first kappa shape index (κ1) is 10.3. The Kier molecular flexibility index (Phi) is 2.01. The number of halogens is 1. The smallest absolute Gasteiger partial charge is 0.317 e. The molecule has 2 saturated heterocycles. The highest BCUT2D eigenvalue weighted by Gasteiger charge is 2.52. The SMILES string of the molecule is CN1C(=O)NCC12CN(c1ccncc1F)C2. The number of amides is 2. The molecule has 1 spiro atoms. The summed E-state index contributed by atoms with van der Waals surface area (Å²) in [5.74, 6) is -0.317. The van der Waals surface area contributed by atoms with Crippen molar-refractivity contribution in [2.75, 3.05) is 31.6 Å². The molecule has 0 unspecified atom stereocenters. The molecule has 0 atom stereocenters. The number of carbonyl (C=O) groups excluding carboxylic acids is 1. The van der Waals surface area contributed by atoms with Gasteiger partial charge in [-0.05, 0) is 6.07 Å². The maximum Gasteiger partial charge on any atom is 0.317 e. The van der Waals surface area contributed by atoms with Gasteiger partial charge in [0.2, 0.25) is 0 Å². The van der Waals surface area contributed by atoms with Gasteiger partial charge >= 0.3 is 6.03 Å². The molecule has 2 aliphatic heterocycles. The Morgan fingerprint density at radius 1 is 1.53 bits per heavy atom. The van der Waals surface area contributed by atoms with Gasteiger partial charge in [0.05, 0.1) is 17.4 Å². The minimum Gasteiger partial charge on any atom is -0.364 e. The Hall–Kier alpha value is -1.85. The van der Waals surface area contributed by atoms with Gasteiger partial charge in [-0.3, -0.25) is 4.98 Å². The lowest BCUT2D eigenvalue weighted by Gasteiger charge is -2.51. The molecule has 1 aromatic rings. The molecule has 0 bridgehead atoms. The van der Waals surface area contributed by atoms with Gasteiger partial charge in [-0.25, -0.2) is 9.18 Å². The Morgan fingerprint density at radius 2 is 2.29 bits per heavy atom. The van der Waals surface area contributed by atoms with E-state index in [-0.39, 0.29) is 17.4 Å². The van der Waals surface area contributed by atoms with Crippen LogP contribution in [0.5, 0.6) is 0 Å². The molecule has 0 radical (unpaired) electrons. The average molecular weight is 236 g/mol. The van der Waals surface area contributed by atoms with Crippen LogP contribution >= 0.6 is 0 Å². The second-order valence-corrected chi connectivity index (χ2v) is 4.63. The molecule has 0 aliphatic carbocycles. The molecule has 1 aromatic heterocycles. The van der Waals surface area contributed by atoms with E-state index in [0.29, 0.717) is 25.3 Å². The Morgan fingerprint density at radius 3 is 2.88 bits per heavy atom. The molecular formula is C11H13FN4O. The molecule has 2 fully saturated rings. The number of aromatic nitrogens is 1. The highest BCUT2D eigenvalue weighted by molar-refractivity contribution is 5.79. The van der Waals surface area contributed by atoms with Gasteiger partial charge in [0, 0.05) is 32.9 Å². The summed E-state index contributed by atoms with van der Waals surface area (Å²) in [7, 11) is 1.78. The molecule has 3 heterocycles. The number of likely N-dealkylation sites (N-methyl/N-ethyl adjacent to an activating group) is 1. The first-order valence-electron chi connectivity index (χ1n) is 5.48. The quantitative estimate of drug-likeness (QED) is 0.769. The Labute approximate surface area is 98.2 Å². The van der Waals surface area contributed by atoms with E-state index in [1.807, 2.05) is 4.90 Å². The lowest BCUT2D eigenvalue weighted by Crippen LogP contribution is -2.69. The minimum absolute atomic E-state index is 0.0557. The highest BCUT2D eigenvalue weighted by atomic mass is 19.1. The van der Waals surface area contributed by atoms with Crippen molar-refractivity contribution >= 4 is 11.7 Å². The predicted octanol–water partition coefficient (Wildman–Crippen LogP) is 0.434. The van der Waals surface area contributed by atoms with E-state index >= 15 is 0 Å². The molecule has 6 heteroatoms. The zero-order valence-electron chi connectivity index (χ0n) is 9.48. The number of rotatable bonds is 1. The van der Waals surface area contributed by atoms with Crippen LogP contribution in [0.15, 0.2) is 18.5 Å². The second-order valence-electron chi connectivity index (χ2n) is 4.63. The number of hydrogen-bond acceptors (Lipinski definition) is 3. The molecule has 0 aromatic carbocycles. The van der Waals surface area contributed by atoms with E-state index < -0.39 is 0 Å². The van der Waals surface area contributed by atoms with E-state index in [2.05, 4.69) is 10.3 Å². The van der Waals surface area contributed by atoms with E-state index in [9.17, 15) is 9.18 Å². The third-order valence-corrected chi connectivity index (χ3v) is 3.65. The monoisotopic (exact) mass is 236 g/mol. The predicted molar refractivity (Wildman–Crippen MR) is 60.3 cm³/mol. The summed E-state index contributed by atoms with van der Waals surface area (Å²) >= 11 is 0. The molecule has 1 N–H and O–H groups in total. The largest absolute Gasteiger partial charge is 0.364 e. The van der Waals surface area contributed by atoms with Crippen molar-refractivity contribution in [3.8, 4) is 0 Å². The summed E-state index contributed by atoms with van der Waals surface area (Å²) in [5.41, 5.74) is 0.380. The van der Waals surface area contributed by atoms with Gasteiger partial charge in [0.25, 0.3) is 0 Å². The van der Waals surface area contributed by atoms with Gasteiger partial charge in [0.1, 0.15) is 0 Å². The molecule has 2 aliphatic rings. The normalized spacial score (nSPS) is 21.6. The van der Waals surface area contributed by atoms with Crippen LogP contribution in [0.3, 0.4) is 0 Å². The zero-order valence-corrected chi connectivity index (χ0v) is 9.48. The summed E-state index contributed by atoms with van der Waals surface area (Å²) < 4.78 is 13.5. The molecule has 0 saturated carbocycles. The number of carbonyl (C=O) groups is 1. The van der Waals surface area contributed by atoms with Crippen molar-refractivity contribution in [3.05, 3.63) is 24.3 Å². The third-order valence-electron chi connectivity index (χ3n) is 3.65. The number of anilines is 1. The van der Waals surface area contributed by atoms with Crippen LogP contribution in [-0.4, -0.2) is 48.1 Å². The fourth-order valence-electron chi connectivity index (χ4n) is 2.48. The van der Waals surface area contributed by atoms with E-state index in [1.165, 1.54) is 6.20 Å². The van der Waals surface area contributed by atoms with Crippen molar-refractivity contribution in [1.82, 2.24) is 15.2 Å².